The molecular formula is C11H11NO3. The van der Waals surface area contributed by atoms with Crippen LogP contribution in [0.5, 0.6) is 0 Å². The molecule has 0 bridgehead atoms. The Labute approximate surface area is 87.9 Å². The quantitative estimate of drug-likeness (QED) is 0.564. The van der Waals surface area contributed by atoms with Gasteiger partial charge in [0.05, 0.1) is 18.9 Å². The van der Waals surface area contributed by atoms with Gasteiger partial charge in [0.25, 0.3) is 0 Å². The number of aliphatic hydroxyl groups excluding tert-OH is 1. The third-order valence-electron chi connectivity index (χ3n) is 1.54. The van der Waals surface area contributed by atoms with E-state index in [4.69, 9.17) is 5.11 Å². The van der Waals surface area contributed by atoms with Crippen LogP contribution in [0, 0.1) is 11.8 Å². The van der Waals surface area contributed by atoms with Crippen LogP contribution in [0.25, 0.3) is 0 Å². The number of aromatic nitrogens is 1. The monoisotopic (exact) mass is 205 g/mol. The van der Waals surface area contributed by atoms with E-state index in [1.807, 2.05) is 0 Å². The molecule has 1 aromatic heterocycles. The second kappa shape index (κ2) is 5.78. The summed E-state index contributed by atoms with van der Waals surface area (Å²) in [5.74, 6) is 4.28. The van der Waals surface area contributed by atoms with Crippen molar-refractivity contribution in [2.75, 3.05) is 6.61 Å². The minimum atomic E-state index is -0.575. The SMILES string of the molecule is CCOC(=O)C#Cc1cccc(CO)n1. The molecule has 0 atom stereocenters. The van der Waals surface area contributed by atoms with Crippen LogP contribution >= 0.6 is 0 Å². The van der Waals surface area contributed by atoms with Gasteiger partial charge >= 0.3 is 5.97 Å². The Kier molecular flexibility index (Phi) is 4.32. The lowest BCUT2D eigenvalue weighted by molar-refractivity contribution is -0.136. The van der Waals surface area contributed by atoms with Crippen LogP contribution in [0.2, 0.25) is 0 Å². The smallest absolute Gasteiger partial charge is 0.384 e. The lowest BCUT2D eigenvalue weighted by Gasteiger charge is -1.94. The standard InChI is InChI=1S/C11H11NO3/c1-2-15-11(14)7-6-9-4-3-5-10(8-13)12-9/h3-5,13H,2,8H2,1H3. The molecule has 78 valence electrons. The van der Waals surface area contributed by atoms with Crippen molar-refractivity contribution in [1.82, 2.24) is 4.98 Å². The van der Waals surface area contributed by atoms with Crippen molar-refractivity contribution in [2.24, 2.45) is 0 Å². The van der Waals surface area contributed by atoms with Gasteiger partial charge in [0, 0.05) is 5.92 Å². The molecule has 15 heavy (non-hydrogen) atoms. The average molecular weight is 205 g/mol. The van der Waals surface area contributed by atoms with E-state index >= 15 is 0 Å². The molecule has 4 nitrogen and oxygen atoms in total. The topological polar surface area (TPSA) is 59.4 Å². The van der Waals surface area contributed by atoms with Crippen molar-refractivity contribution >= 4 is 5.97 Å². The molecule has 0 radical (unpaired) electrons. The highest BCUT2D eigenvalue weighted by Crippen LogP contribution is 1.97. The van der Waals surface area contributed by atoms with Gasteiger partial charge in [0.2, 0.25) is 0 Å². The summed E-state index contributed by atoms with van der Waals surface area (Å²) in [7, 11) is 0. The fourth-order valence-corrected chi connectivity index (χ4v) is 0.920. The van der Waals surface area contributed by atoms with Gasteiger partial charge in [-0.15, -0.1) is 0 Å². The van der Waals surface area contributed by atoms with Crippen LogP contribution in [-0.4, -0.2) is 22.7 Å². The third-order valence-corrected chi connectivity index (χ3v) is 1.54. The predicted octanol–water partition coefficient (Wildman–Crippen LogP) is 0.489. The van der Waals surface area contributed by atoms with Crippen molar-refractivity contribution in [3.63, 3.8) is 0 Å². The van der Waals surface area contributed by atoms with Crippen molar-refractivity contribution in [3.05, 3.63) is 29.6 Å². The maximum absolute atomic E-state index is 10.9. The molecule has 4 heteroatoms. The zero-order chi connectivity index (χ0) is 11.1. The number of aliphatic hydroxyl groups is 1. The van der Waals surface area contributed by atoms with Crippen LogP contribution in [0.4, 0.5) is 0 Å². The van der Waals surface area contributed by atoms with Gasteiger partial charge in [-0.1, -0.05) is 6.07 Å². The summed E-state index contributed by atoms with van der Waals surface area (Å²) in [6, 6.07) is 5.05. The first-order valence-electron chi connectivity index (χ1n) is 4.52. The Hall–Kier alpha value is -1.86. The first-order chi connectivity index (χ1) is 7.26. The van der Waals surface area contributed by atoms with Crippen molar-refractivity contribution in [3.8, 4) is 11.8 Å². The number of ether oxygens (including phenoxy) is 1. The Morgan fingerprint density at radius 3 is 3.07 bits per heavy atom. The molecule has 0 unspecified atom stereocenters. The number of hydrogen-bond donors (Lipinski definition) is 1. The van der Waals surface area contributed by atoms with Gasteiger partial charge < -0.3 is 9.84 Å². The summed E-state index contributed by atoms with van der Waals surface area (Å²) in [6.07, 6.45) is 0. The summed E-state index contributed by atoms with van der Waals surface area (Å²) in [4.78, 5) is 14.9. The van der Waals surface area contributed by atoms with Crippen molar-refractivity contribution in [1.29, 1.82) is 0 Å². The Morgan fingerprint density at radius 1 is 1.60 bits per heavy atom. The molecule has 0 fully saturated rings. The summed E-state index contributed by atoms with van der Waals surface area (Å²) < 4.78 is 4.63. The van der Waals surface area contributed by atoms with Gasteiger partial charge in [-0.05, 0) is 25.0 Å². The van der Waals surface area contributed by atoms with Crippen molar-refractivity contribution in [2.45, 2.75) is 13.5 Å². The highest BCUT2D eigenvalue weighted by molar-refractivity contribution is 5.88. The largest absolute Gasteiger partial charge is 0.456 e. The zero-order valence-electron chi connectivity index (χ0n) is 8.36. The average Bonchev–Trinajstić information content (AvgIpc) is 2.27. The summed E-state index contributed by atoms with van der Waals surface area (Å²) in [5, 5.41) is 8.82. The molecule has 0 saturated heterocycles. The Bertz CT molecular complexity index is 404. The van der Waals surface area contributed by atoms with E-state index in [0.717, 1.165) is 0 Å². The van der Waals surface area contributed by atoms with Gasteiger partial charge in [-0.3, -0.25) is 0 Å². The summed E-state index contributed by atoms with van der Waals surface area (Å²) >= 11 is 0. The van der Waals surface area contributed by atoms with Crippen LogP contribution in [0.1, 0.15) is 18.3 Å². The van der Waals surface area contributed by atoms with Crippen LogP contribution in [-0.2, 0) is 16.1 Å². The van der Waals surface area contributed by atoms with Gasteiger partial charge in [0.15, 0.2) is 0 Å². The molecule has 1 aromatic rings. The van der Waals surface area contributed by atoms with E-state index in [0.29, 0.717) is 18.0 Å². The number of pyridine rings is 1. The molecule has 1 rings (SSSR count). The third kappa shape index (κ3) is 3.79. The molecule has 1 N–H and O–H groups in total. The summed E-state index contributed by atoms with van der Waals surface area (Å²) in [6.45, 7) is 1.87. The highest BCUT2D eigenvalue weighted by atomic mass is 16.5. The number of nitrogens with zero attached hydrogens (tertiary/aromatic N) is 1. The number of carbonyl (C=O) groups excluding carboxylic acids is 1. The lowest BCUT2D eigenvalue weighted by Crippen LogP contribution is -2.00. The maximum atomic E-state index is 10.9. The normalized spacial score (nSPS) is 8.93. The molecule has 0 saturated carbocycles. The Balaban J connectivity index is 2.75. The van der Waals surface area contributed by atoms with Crippen molar-refractivity contribution < 1.29 is 14.6 Å². The highest BCUT2D eigenvalue weighted by Gasteiger charge is 1.95. The molecule has 0 amide bonds. The molecule has 0 spiro atoms. The first-order valence-corrected chi connectivity index (χ1v) is 4.52. The fourth-order valence-electron chi connectivity index (χ4n) is 0.920. The number of carbonyl (C=O) groups is 1. The minimum Gasteiger partial charge on any atom is -0.456 e. The molecule has 0 aliphatic carbocycles. The van der Waals surface area contributed by atoms with E-state index in [1.54, 1.807) is 25.1 Å². The molecule has 0 aromatic carbocycles. The van der Waals surface area contributed by atoms with Crippen LogP contribution < -0.4 is 0 Å². The second-order valence-corrected chi connectivity index (χ2v) is 2.64. The predicted molar refractivity (Wildman–Crippen MR) is 53.7 cm³/mol. The summed E-state index contributed by atoms with van der Waals surface area (Å²) in [5.41, 5.74) is 0.959. The van der Waals surface area contributed by atoms with Crippen LogP contribution in [0.3, 0.4) is 0 Å². The number of esters is 1. The minimum absolute atomic E-state index is 0.144. The van der Waals surface area contributed by atoms with Gasteiger partial charge in [0.1, 0.15) is 5.69 Å². The lowest BCUT2D eigenvalue weighted by atomic mass is 10.3. The Morgan fingerprint density at radius 2 is 2.40 bits per heavy atom. The second-order valence-electron chi connectivity index (χ2n) is 2.64. The van der Waals surface area contributed by atoms with E-state index in [1.165, 1.54) is 0 Å². The van der Waals surface area contributed by atoms with E-state index in [2.05, 4.69) is 21.6 Å². The van der Waals surface area contributed by atoms with Gasteiger partial charge in [-0.2, -0.15) is 0 Å². The van der Waals surface area contributed by atoms with Gasteiger partial charge in [-0.25, -0.2) is 9.78 Å². The first kappa shape index (κ1) is 11.2. The molecule has 1 heterocycles. The van der Waals surface area contributed by atoms with Crippen LogP contribution in [0.15, 0.2) is 18.2 Å². The fraction of sp³-hybridized carbons (Fsp3) is 0.273. The van der Waals surface area contributed by atoms with E-state index in [-0.39, 0.29) is 6.61 Å². The van der Waals surface area contributed by atoms with E-state index < -0.39 is 5.97 Å². The van der Waals surface area contributed by atoms with E-state index in [9.17, 15) is 4.79 Å². The number of rotatable bonds is 2. The zero-order valence-corrected chi connectivity index (χ0v) is 8.36. The maximum Gasteiger partial charge on any atom is 0.384 e. The molecule has 0 aliphatic heterocycles. The number of hydrogen-bond acceptors (Lipinski definition) is 4. The molecular weight excluding hydrogens is 194 g/mol. The molecule has 0 aliphatic rings.